The molecule has 0 aliphatic rings. The third kappa shape index (κ3) is 5.63. The molecule has 0 heterocycles. The van der Waals surface area contributed by atoms with E-state index in [0.717, 1.165) is 29.7 Å². The van der Waals surface area contributed by atoms with Crippen molar-refractivity contribution in [3.8, 4) is 6.07 Å². The van der Waals surface area contributed by atoms with E-state index in [4.69, 9.17) is 5.26 Å². The highest BCUT2D eigenvalue weighted by molar-refractivity contribution is 9.10. The van der Waals surface area contributed by atoms with Crippen LogP contribution in [0, 0.1) is 11.3 Å². The van der Waals surface area contributed by atoms with Crippen molar-refractivity contribution in [1.82, 2.24) is 4.90 Å². The van der Waals surface area contributed by atoms with Gasteiger partial charge in [-0.1, -0.05) is 0 Å². The van der Waals surface area contributed by atoms with Gasteiger partial charge in [0.2, 0.25) is 0 Å². The number of hydrogen-bond acceptors (Lipinski definition) is 3. The van der Waals surface area contributed by atoms with Gasteiger partial charge in [0.05, 0.1) is 11.6 Å². The molecule has 1 aromatic rings. The Labute approximate surface area is 124 Å². The van der Waals surface area contributed by atoms with Crippen LogP contribution in [-0.2, 0) is 0 Å². The molecule has 1 N–H and O–H groups in total. The van der Waals surface area contributed by atoms with Gasteiger partial charge < -0.3 is 10.2 Å². The number of unbranched alkanes of at least 4 members (excludes halogenated alkanes) is 1. The molecular formula is C15H22BrN3. The highest BCUT2D eigenvalue weighted by atomic mass is 79.9. The van der Waals surface area contributed by atoms with Gasteiger partial charge in [0.25, 0.3) is 0 Å². The molecule has 0 aliphatic heterocycles. The largest absolute Gasteiger partial charge is 0.384 e. The zero-order valence-corrected chi connectivity index (χ0v) is 13.5. The number of nitriles is 1. The lowest BCUT2D eigenvalue weighted by Crippen LogP contribution is -2.27. The first kappa shape index (κ1) is 16.0. The molecule has 0 amide bonds. The van der Waals surface area contributed by atoms with E-state index < -0.39 is 0 Å². The standard InChI is InChI=1S/C15H22BrN3/c1-12(2)19(3)9-5-4-8-18-15-7-6-13(11-17)10-14(15)16/h6-7,10,12,18H,4-5,8-9H2,1-3H3. The van der Waals surface area contributed by atoms with E-state index in [-0.39, 0.29) is 0 Å². The monoisotopic (exact) mass is 323 g/mol. The molecule has 0 saturated carbocycles. The Morgan fingerprint density at radius 3 is 2.68 bits per heavy atom. The maximum atomic E-state index is 8.80. The van der Waals surface area contributed by atoms with Crippen molar-refractivity contribution in [3.63, 3.8) is 0 Å². The lowest BCUT2D eigenvalue weighted by atomic mass is 10.2. The number of rotatable bonds is 7. The fourth-order valence-corrected chi connectivity index (χ4v) is 2.21. The average molecular weight is 324 g/mol. The first-order valence-electron chi connectivity index (χ1n) is 6.68. The van der Waals surface area contributed by atoms with Gasteiger partial charge in [-0.2, -0.15) is 5.26 Å². The van der Waals surface area contributed by atoms with Gasteiger partial charge in [0.1, 0.15) is 0 Å². The molecule has 4 heteroatoms. The van der Waals surface area contributed by atoms with Crippen molar-refractivity contribution >= 4 is 21.6 Å². The minimum Gasteiger partial charge on any atom is -0.384 e. The van der Waals surface area contributed by atoms with E-state index in [2.05, 4.69) is 53.1 Å². The van der Waals surface area contributed by atoms with E-state index in [1.165, 1.54) is 6.42 Å². The van der Waals surface area contributed by atoms with Crippen LogP contribution in [-0.4, -0.2) is 31.1 Å². The number of benzene rings is 1. The number of nitrogens with zero attached hydrogens (tertiary/aromatic N) is 2. The fourth-order valence-electron chi connectivity index (χ4n) is 1.70. The predicted molar refractivity (Wildman–Crippen MR) is 84.3 cm³/mol. The van der Waals surface area contributed by atoms with Crippen LogP contribution >= 0.6 is 15.9 Å². The average Bonchev–Trinajstić information content (AvgIpc) is 2.39. The molecule has 0 radical (unpaired) electrons. The van der Waals surface area contributed by atoms with E-state index >= 15 is 0 Å². The third-order valence-electron chi connectivity index (χ3n) is 3.23. The lowest BCUT2D eigenvalue weighted by Gasteiger charge is -2.20. The van der Waals surface area contributed by atoms with Crippen LogP contribution in [0.15, 0.2) is 22.7 Å². The van der Waals surface area contributed by atoms with Gasteiger partial charge in [-0.3, -0.25) is 0 Å². The van der Waals surface area contributed by atoms with E-state index in [0.29, 0.717) is 11.6 Å². The molecule has 1 rings (SSSR count). The molecule has 3 nitrogen and oxygen atoms in total. The van der Waals surface area contributed by atoms with Gasteiger partial charge in [-0.25, -0.2) is 0 Å². The number of hydrogen-bond donors (Lipinski definition) is 1. The molecule has 0 aromatic heterocycles. The second-order valence-corrected chi connectivity index (χ2v) is 5.87. The van der Waals surface area contributed by atoms with E-state index in [1.807, 2.05) is 18.2 Å². The zero-order valence-electron chi connectivity index (χ0n) is 11.9. The summed E-state index contributed by atoms with van der Waals surface area (Å²) in [4.78, 5) is 2.36. The Bertz CT molecular complexity index is 438. The number of anilines is 1. The van der Waals surface area contributed by atoms with Crippen molar-refractivity contribution < 1.29 is 0 Å². The quantitative estimate of drug-likeness (QED) is 0.774. The van der Waals surface area contributed by atoms with Crippen LogP contribution in [0.1, 0.15) is 32.3 Å². The van der Waals surface area contributed by atoms with Crippen LogP contribution in [0.2, 0.25) is 0 Å². The maximum Gasteiger partial charge on any atom is 0.0992 e. The summed E-state index contributed by atoms with van der Waals surface area (Å²) in [6.45, 7) is 6.52. The smallest absolute Gasteiger partial charge is 0.0992 e. The molecule has 0 bridgehead atoms. The molecule has 0 spiro atoms. The van der Waals surface area contributed by atoms with Crippen LogP contribution in [0.3, 0.4) is 0 Å². The third-order valence-corrected chi connectivity index (χ3v) is 3.89. The number of halogens is 1. The van der Waals surface area contributed by atoms with Crippen LogP contribution in [0.25, 0.3) is 0 Å². The Morgan fingerprint density at radius 1 is 1.37 bits per heavy atom. The zero-order chi connectivity index (χ0) is 14.3. The molecular weight excluding hydrogens is 302 g/mol. The molecule has 0 saturated heterocycles. The maximum absolute atomic E-state index is 8.80. The first-order chi connectivity index (χ1) is 9.04. The summed E-state index contributed by atoms with van der Waals surface area (Å²) in [5.41, 5.74) is 1.73. The van der Waals surface area contributed by atoms with E-state index in [9.17, 15) is 0 Å². The topological polar surface area (TPSA) is 39.1 Å². The number of nitrogens with one attached hydrogen (secondary N) is 1. The second-order valence-electron chi connectivity index (χ2n) is 5.01. The van der Waals surface area contributed by atoms with E-state index in [1.54, 1.807) is 0 Å². The summed E-state index contributed by atoms with van der Waals surface area (Å²) < 4.78 is 0.950. The molecule has 0 fully saturated rings. The summed E-state index contributed by atoms with van der Waals surface area (Å²) >= 11 is 3.48. The highest BCUT2D eigenvalue weighted by Crippen LogP contribution is 2.23. The molecule has 19 heavy (non-hydrogen) atoms. The molecule has 0 unspecified atom stereocenters. The molecule has 0 atom stereocenters. The van der Waals surface area contributed by atoms with Crippen molar-refractivity contribution in [2.24, 2.45) is 0 Å². The minimum atomic E-state index is 0.612. The SMILES string of the molecule is CC(C)N(C)CCCCNc1ccc(C#N)cc1Br. The van der Waals surface area contributed by atoms with Gasteiger partial charge in [-0.05, 0) is 74.4 Å². The van der Waals surface area contributed by atoms with Crippen LogP contribution in [0.4, 0.5) is 5.69 Å². The molecule has 0 aliphatic carbocycles. The summed E-state index contributed by atoms with van der Waals surface area (Å²) in [7, 11) is 2.16. The van der Waals surface area contributed by atoms with Crippen LogP contribution in [0.5, 0.6) is 0 Å². The second kappa shape index (κ2) is 8.19. The van der Waals surface area contributed by atoms with Gasteiger partial charge >= 0.3 is 0 Å². The molecule has 1 aromatic carbocycles. The fraction of sp³-hybridized carbons (Fsp3) is 0.533. The van der Waals surface area contributed by atoms with Gasteiger partial charge in [-0.15, -0.1) is 0 Å². The summed E-state index contributed by atoms with van der Waals surface area (Å²) in [5.74, 6) is 0. The van der Waals surface area contributed by atoms with Gasteiger partial charge in [0, 0.05) is 22.7 Å². The first-order valence-corrected chi connectivity index (χ1v) is 7.47. The predicted octanol–water partition coefficient (Wildman–Crippen LogP) is 3.85. The van der Waals surface area contributed by atoms with Crippen LogP contribution < -0.4 is 5.32 Å². The van der Waals surface area contributed by atoms with Crippen molar-refractivity contribution in [1.29, 1.82) is 5.26 Å². The summed E-state index contributed by atoms with van der Waals surface area (Å²) in [6, 6.07) is 8.37. The lowest BCUT2D eigenvalue weighted by molar-refractivity contribution is 0.269. The Morgan fingerprint density at radius 2 is 2.11 bits per heavy atom. The van der Waals surface area contributed by atoms with Crippen molar-refractivity contribution in [2.45, 2.75) is 32.7 Å². The Hall–Kier alpha value is -1.05. The highest BCUT2D eigenvalue weighted by Gasteiger charge is 2.03. The Kier molecular flexibility index (Phi) is 6.90. The summed E-state index contributed by atoms with van der Waals surface area (Å²) in [5, 5.41) is 12.2. The van der Waals surface area contributed by atoms with Crippen molar-refractivity contribution in [3.05, 3.63) is 28.2 Å². The minimum absolute atomic E-state index is 0.612. The van der Waals surface area contributed by atoms with Gasteiger partial charge in [0.15, 0.2) is 0 Å². The normalized spacial score (nSPS) is 10.8. The summed E-state index contributed by atoms with van der Waals surface area (Å²) in [6.07, 6.45) is 2.33. The molecule has 104 valence electrons. The Balaban J connectivity index is 2.28. The van der Waals surface area contributed by atoms with Crippen molar-refractivity contribution in [2.75, 3.05) is 25.5 Å².